The normalized spacial score (nSPS) is 15.9. The first-order chi connectivity index (χ1) is 11.2. The number of benzene rings is 1. The standard InChI is InChI=1S/C19H30N2O2/c1-3-18(4-2)20-14-16-10-12-21(13-11-16)19(22)23-15-17-8-6-5-7-9-17/h5-9,16,18,20H,3-4,10-15H2,1-2H3. The van der Waals surface area contributed by atoms with Crippen LogP contribution in [0.5, 0.6) is 0 Å². The minimum atomic E-state index is -0.180. The van der Waals surface area contributed by atoms with Gasteiger partial charge in [-0.25, -0.2) is 4.79 Å². The molecule has 1 amide bonds. The molecule has 0 unspecified atom stereocenters. The molecular weight excluding hydrogens is 288 g/mol. The number of likely N-dealkylation sites (tertiary alicyclic amines) is 1. The number of rotatable bonds is 7. The number of carbonyl (C=O) groups excluding carboxylic acids is 1. The van der Waals surface area contributed by atoms with Gasteiger partial charge in [-0.2, -0.15) is 0 Å². The van der Waals surface area contributed by atoms with Crippen molar-refractivity contribution >= 4 is 6.09 Å². The molecule has 1 aromatic rings. The highest BCUT2D eigenvalue weighted by atomic mass is 16.6. The van der Waals surface area contributed by atoms with Crippen LogP contribution in [0.4, 0.5) is 4.79 Å². The van der Waals surface area contributed by atoms with Crippen molar-refractivity contribution in [3.8, 4) is 0 Å². The summed E-state index contributed by atoms with van der Waals surface area (Å²) in [5.41, 5.74) is 1.03. The molecule has 0 atom stereocenters. The smallest absolute Gasteiger partial charge is 0.410 e. The fourth-order valence-electron chi connectivity index (χ4n) is 3.04. The van der Waals surface area contributed by atoms with Crippen LogP contribution < -0.4 is 5.32 Å². The predicted octanol–water partition coefficient (Wildman–Crippen LogP) is 3.81. The van der Waals surface area contributed by atoms with Gasteiger partial charge in [-0.15, -0.1) is 0 Å². The Hall–Kier alpha value is -1.55. The second-order valence-electron chi connectivity index (χ2n) is 6.39. The molecular formula is C19H30N2O2. The van der Waals surface area contributed by atoms with E-state index in [1.807, 2.05) is 35.2 Å². The highest BCUT2D eigenvalue weighted by Crippen LogP contribution is 2.18. The van der Waals surface area contributed by atoms with Gasteiger partial charge in [0.25, 0.3) is 0 Å². The third-order valence-electron chi connectivity index (χ3n) is 4.76. The monoisotopic (exact) mass is 318 g/mol. The summed E-state index contributed by atoms with van der Waals surface area (Å²) in [5.74, 6) is 0.675. The molecule has 1 aromatic carbocycles. The molecule has 4 heteroatoms. The fourth-order valence-corrected chi connectivity index (χ4v) is 3.04. The number of nitrogens with one attached hydrogen (secondary N) is 1. The Kier molecular flexibility index (Phi) is 7.40. The maximum Gasteiger partial charge on any atom is 0.410 e. The molecule has 0 spiro atoms. The topological polar surface area (TPSA) is 41.6 Å². The van der Waals surface area contributed by atoms with Crippen LogP contribution in [-0.4, -0.2) is 36.7 Å². The highest BCUT2D eigenvalue weighted by Gasteiger charge is 2.23. The lowest BCUT2D eigenvalue weighted by atomic mass is 9.96. The van der Waals surface area contributed by atoms with Crippen molar-refractivity contribution in [1.29, 1.82) is 0 Å². The van der Waals surface area contributed by atoms with Gasteiger partial charge in [0.05, 0.1) is 0 Å². The van der Waals surface area contributed by atoms with Crippen molar-refractivity contribution in [1.82, 2.24) is 10.2 Å². The lowest BCUT2D eigenvalue weighted by Crippen LogP contribution is -2.42. The second kappa shape index (κ2) is 9.56. The molecule has 1 heterocycles. The Balaban J connectivity index is 1.66. The van der Waals surface area contributed by atoms with E-state index < -0.39 is 0 Å². The fraction of sp³-hybridized carbons (Fsp3) is 0.632. The summed E-state index contributed by atoms with van der Waals surface area (Å²) < 4.78 is 5.41. The number of piperidine rings is 1. The van der Waals surface area contributed by atoms with Crippen molar-refractivity contribution in [3.05, 3.63) is 35.9 Å². The van der Waals surface area contributed by atoms with Gasteiger partial charge in [0.2, 0.25) is 0 Å². The van der Waals surface area contributed by atoms with Crippen molar-refractivity contribution in [2.24, 2.45) is 5.92 Å². The van der Waals surface area contributed by atoms with Crippen molar-refractivity contribution < 1.29 is 9.53 Å². The molecule has 0 radical (unpaired) electrons. The first kappa shape index (κ1) is 17.8. The molecule has 1 N–H and O–H groups in total. The zero-order chi connectivity index (χ0) is 16.5. The number of amides is 1. The average molecular weight is 318 g/mol. The molecule has 0 saturated carbocycles. The summed E-state index contributed by atoms with van der Waals surface area (Å²) in [6.07, 6.45) is 4.31. The van der Waals surface area contributed by atoms with Gasteiger partial charge in [0.15, 0.2) is 0 Å². The van der Waals surface area contributed by atoms with E-state index in [4.69, 9.17) is 4.74 Å². The van der Waals surface area contributed by atoms with E-state index in [0.29, 0.717) is 18.6 Å². The molecule has 0 aliphatic carbocycles. The number of hydrogen-bond acceptors (Lipinski definition) is 3. The molecule has 0 bridgehead atoms. The molecule has 1 fully saturated rings. The first-order valence-corrected chi connectivity index (χ1v) is 8.91. The Morgan fingerprint density at radius 2 is 1.87 bits per heavy atom. The van der Waals surface area contributed by atoms with E-state index in [2.05, 4.69) is 19.2 Å². The molecule has 0 aromatic heterocycles. The van der Waals surface area contributed by atoms with Crippen LogP contribution in [0.3, 0.4) is 0 Å². The average Bonchev–Trinajstić information content (AvgIpc) is 2.62. The third-order valence-corrected chi connectivity index (χ3v) is 4.76. The molecule has 2 rings (SSSR count). The van der Waals surface area contributed by atoms with E-state index in [0.717, 1.165) is 38.0 Å². The minimum absolute atomic E-state index is 0.180. The van der Waals surface area contributed by atoms with Gasteiger partial charge >= 0.3 is 6.09 Å². The van der Waals surface area contributed by atoms with E-state index >= 15 is 0 Å². The largest absolute Gasteiger partial charge is 0.445 e. The van der Waals surface area contributed by atoms with Crippen LogP contribution in [0.25, 0.3) is 0 Å². The number of carbonyl (C=O) groups is 1. The maximum absolute atomic E-state index is 12.1. The quantitative estimate of drug-likeness (QED) is 0.831. The van der Waals surface area contributed by atoms with E-state index in [1.165, 1.54) is 12.8 Å². The van der Waals surface area contributed by atoms with Crippen LogP contribution in [0.2, 0.25) is 0 Å². The molecule has 1 aliphatic heterocycles. The van der Waals surface area contributed by atoms with Gasteiger partial charge in [0, 0.05) is 19.1 Å². The summed E-state index contributed by atoms with van der Waals surface area (Å²) in [6.45, 7) is 7.50. The van der Waals surface area contributed by atoms with E-state index in [-0.39, 0.29) is 6.09 Å². The summed E-state index contributed by atoms with van der Waals surface area (Å²) >= 11 is 0. The molecule has 23 heavy (non-hydrogen) atoms. The SMILES string of the molecule is CCC(CC)NCC1CCN(C(=O)OCc2ccccc2)CC1. The Labute approximate surface area is 140 Å². The first-order valence-electron chi connectivity index (χ1n) is 8.91. The van der Waals surface area contributed by atoms with Gasteiger partial charge in [-0.3, -0.25) is 0 Å². The van der Waals surface area contributed by atoms with E-state index in [1.54, 1.807) is 0 Å². The van der Waals surface area contributed by atoms with Gasteiger partial charge < -0.3 is 15.0 Å². The number of hydrogen-bond donors (Lipinski definition) is 1. The third kappa shape index (κ3) is 5.87. The van der Waals surface area contributed by atoms with Crippen molar-refractivity contribution in [3.63, 3.8) is 0 Å². The van der Waals surface area contributed by atoms with Crippen LogP contribution in [0.15, 0.2) is 30.3 Å². The van der Waals surface area contributed by atoms with Crippen molar-refractivity contribution in [2.75, 3.05) is 19.6 Å². The van der Waals surface area contributed by atoms with Gasteiger partial charge in [-0.1, -0.05) is 44.2 Å². The maximum atomic E-state index is 12.1. The zero-order valence-electron chi connectivity index (χ0n) is 14.5. The predicted molar refractivity (Wildman–Crippen MR) is 93.3 cm³/mol. The number of ether oxygens (including phenoxy) is 1. The molecule has 128 valence electrons. The molecule has 1 aliphatic rings. The number of nitrogens with zero attached hydrogens (tertiary/aromatic N) is 1. The second-order valence-corrected chi connectivity index (χ2v) is 6.39. The summed E-state index contributed by atoms with van der Waals surface area (Å²) in [5, 5.41) is 3.64. The summed E-state index contributed by atoms with van der Waals surface area (Å²) in [4.78, 5) is 14.0. The zero-order valence-corrected chi connectivity index (χ0v) is 14.5. The minimum Gasteiger partial charge on any atom is -0.445 e. The van der Waals surface area contributed by atoms with E-state index in [9.17, 15) is 4.79 Å². The lowest BCUT2D eigenvalue weighted by molar-refractivity contribution is 0.0819. The van der Waals surface area contributed by atoms with Crippen molar-refractivity contribution in [2.45, 2.75) is 52.2 Å². The van der Waals surface area contributed by atoms with Crippen LogP contribution in [0.1, 0.15) is 45.1 Å². The van der Waals surface area contributed by atoms with Crippen LogP contribution >= 0.6 is 0 Å². The Morgan fingerprint density at radius 1 is 1.22 bits per heavy atom. The van der Waals surface area contributed by atoms with Crippen LogP contribution in [-0.2, 0) is 11.3 Å². The Morgan fingerprint density at radius 3 is 2.48 bits per heavy atom. The Bertz CT molecular complexity index is 452. The van der Waals surface area contributed by atoms with Gasteiger partial charge in [0.1, 0.15) is 6.61 Å². The van der Waals surface area contributed by atoms with Crippen LogP contribution in [0, 0.1) is 5.92 Å². The summed E-state index contributed by atoms with van der Waals surface area (Å²) in [7, 11) is 0. The lowest BCUT2D eigenvalue weighted by Gasteiger charge is -2.32. The molecule has 4 nitrogen and oxygen atoms in total. The molecule has 1 saturated heterocycles. The highest BCUT2D eigenvalue weighted by molar-refractivity contribution is 5.67. The summed E-state index contributed by atoms with van der Waals surface area (Å²) in [6, 6.07) is 10.5. The van der Waals surface area contributed by atoms with Gasteiger partial charge in [-0.05, 0) is 43.7 Å².